The molecule has 4 atom stereocenters. The van der Waals surface area contributed by atoms with Crippen LogP contribution in [0.1, 0.15) is 38.7 Å². The van der Waals surface area contributed by atoms with Gasteiger partial charge in [-0.1, -0.05) is 44.2 Å². The van der Waals surface area contributed by atoms with Crippen molar-refractivity contribution in [2.45, 2.75) is 38.5 Å². The van der Waals surface area contributed by atoms with Crippen molar-refractivity contribution in [1.29, 1.82) is 0 Å². The molecule has 0 heteroatoms. The Kier molecular flexibility index (Phi) is 1.95. The maximum atomic E-state index is 2.50. The SMILES string of the molecule is CC1[C@@H]2CC[C@@H](C2)[C@@]1(C)c1ccccc1. The summed E-state index contributed by atoms with van der Waals surface area (Å²) < 4.78 is 0. The normalized spacial score (nSPS) is 43.5. The lowest BCUT2D eigenvalue weighted by Crippen LogP contribution is -2.36. The van der Waals surface area contributed by atoms with Crippen molar-refractivity contribution in [2.24, 2.45) is 17.8 Å². The second-order valence-corrected chi connectivity index (χ2v) is 5.71. The van der Waals surface area contributed by atoms with Crippen LogP contribution in [0, 0.1) is 17.8 Å². The highest BCUT2D eigenvalue weighted by atomic mass is 14.6. The van der Waals surface area contributed by atoms with E-state index in [1.807, 2.05) is 0 Å². The molecule has 0 aliphatic heterocycles. The first-order valence-electron chi connectivity index (χ1n) is 6.28. The lowest BCUT2D eigenvalue weighted by atomic mass is 9.64. The van der Waals surface area contributed by atoms with Crippen LogP contribution in [0.2, 0.25) is 0 Å². The molecule has 0 spiro atoms. The fraction of sp³-hybridized carbons (Fsp3) is 0.600. The van der Waals surface area contributed by atoms with Gasteiger partial charge in [-0.25, -0.2) is 0 Å². The van der Waals surface area contributed by atoms with Crippen molar-refractivity contribution >= 4 is 0 Å². The van der Waals surface area contributed by atoms with Gasteiger partial charge >= 0.3 is 0 Å². The van der Waals surface area contributed by atoms with Gasteiger partial charge in [0.15, 0.2) is 0 Å². The Morgan fingerprint density at radius 1 is 1.13 bits per heavy atom. The minimum atomic E-state index is 0.462. The summed E-state index contributed by atoms with van der Waals surface area (Å²) in [4.78, 5) is 0. The number of fused-ring (bicyclic) bond motifs is 2. The molecule has 0 aromatic heterocycles. The number of rotatable bonds is 1. The van der Waals surface area contributed by atoms with Crippen LogP contribution in [0.15, 0.2) is 30.3 Å². The predicted molar refractivity (Wildman–Crippen MR) is 63.8 cm³/mol. The van der Waals surface area contributed by atoms with Gasteiger partial charge in [0, 0.05) is 0 Å². The summed E-state index contributed by atoms with van der Waals surface area (Å²) in [7, 11) is 0. The quantitative estimate of drug-likeness (QED) is 0.642. The number of hydrogen-bond acceptors (Lipinski definition) is 0. The largest absolute Gasteiger partial charge is 0.0622 e. The van der Waals surface area contributed by atoms with Crippen LogP contribution in [0.25, 0.3) is 0 Å². The minimum absolute atomic E-state index is 0.462. The molecule has 2 saturated carbocycles. The van der Waals surface area contributed by atoms with Gasteiger partial charge in [0.05, 0.1) is 0 Å². The first kappa shape index (κ1) is 9.45. The molecule has 0 saturated heterocycles. The topological polar surface area (TPSA) is 0 Å². The fourth-order valence-electron chi connectivity index (χ4n) is 4.17. The molecule has 0 radical (unpaired) electrons. The van der Waals surface area contributed by atoms with Crippen molar-refractivity contribution in [2.75, 3.05) is 0 Å². The predicted octanol–water partition coefficient (Wildman–Crippen LogP) is 4.01. The van der Waals surface area contributed by atoms with Crippen LogP contribution >= 0.6 is 0 Å². The molecule has 0 heterocycles. The average molecular weight is 200 g/mol. The number of hydrogen-bond donors (Lipinski definition) is 0. The van der Waals surface area contributed by atoms with Crippen LogP contribution in [0.4, 0.5) is 0 Å². The molecular weight excluding hydrogens is 180 g/mol. The first-order chi connectivity index (χ1) is 7.23. The van der Waals surface area contributed by atoms with Crippen molar-refractivity contribution in [3.63, 3.8) is 0 Å². The first-order valence-corrected chi connectivity index (χ1v) is 6.28. The smallest absolute Gasteiger partial charge is 0.00187 e. The van der Waals surface area contributed by atoms with E-state index in [0.29, 0.717) is 5.41 Å². The van der Waals surface area contributed by atoms with Gasteiger partial charge in [0.25, 0.3) is 0 Å². The van der Waals surface area contributed by atoms with Crippen molar-refractivity contribution < 1.29 is 0 Å². The van der Waals surface area contributed by atoms with Crippen LogP contribution < -0.4 is 0 Å². The molecule has 2 fully saturated rings. The van der Waals surface area contributed by atoms with E-state index in [2.05, 4.69) is 44.2 Å². The zero-order valence-electron chi connectivity index (χ0n) is 9.74. The molecule has 0 nitrogen and oxygen atoms in total. The standard InChI is InChI=1S/C15H20/c1-11-12-8-9-14(10-12)15(11,2)13-6-4-3-5-7-13/h3-7,11-12,14H,8-10H2,1-2H3/t11?,12-,14+,15-/m1/s1. The van der Waals surface area contributed by atoms with E-state index in [9.17, 15) is 0 Å². The van der Waals surface area contributed by atoms with Crippen LogP contribution in [-0.2, 0) is 5.41 Å². The Balaban J connectivity index is 2.04. The highest BCUT2D eigenvalue weighted by Gasteiger charge is 2.53. The minimum Gasteiger partial charge on any atom is -0.0622 e. The Morgan fingerprint density at radius 2 is 1.87 bits per heavy atom. The van der Waals surface area contributed by atoms with Gasteiger partial charge in [-0.3, -0.25) is 0 Å². The highest BCUT2D eigenvalue weighted by Crippen LogP contribution is 2.59. The Hall–Kier alpha value is -0.780. The molecule has 1 aromatic carbocycles. The van der Waals surface area contributed by atoms with Crippen molar-refractivity contribution in [1.82, 2.24) is 0 Å². The van der Waals surface area contributed by atoms with Gasteiger partial charge in [-0.15, -0.1) is 0 Å². The molecule has 1 aromatic rings. The van der Waals surface area contributed by atoms with Gasteiger partial charge < -0.3 is 0 Å². The van der Waals surface area contributed by atoms with Gasteiger partial charge in [0.1, 0.15) is 0 Å². The monoisotopic (exact) mass is 200 g/mol. The maximum absolute atomic E-state index is 2.50. The van der Waals surface area contributed by atoms with Gasteiger partial charge in [-0.05, 0) is 48.0 Å². The molecule has 2 aliphatic carbocycles. The zero-order valence-corrected chi connectivity index (χ0v) is 9.74. The third-order valence-corrected chi connectivity index (χ3v) is 5.37. The molecule has 0 N–H and O–H groups in total. The summed E-state index contributed by atoms with van der Waals surface area (Å²) in [6.07, 6.45) is 4.42. The van der Waals surface area contributed by atoms with Crippen LogP contribution in [0.3, 0.4) is 0 Å². The summed E-state index contributed by atoms with van der Waals surface area (Å²) in [6, 6.07) is 11.2. The highest BCUT2D eigenvalue weighted by molar-refractivity contribution is 5.30. The zero-order chi connectivity index (χ0) is 10.5. The third-order valence-electron chi connectivity index (χ3n) is 5.37. The van der Waals surface area contributed by atoms with E-state index in [1.165, 1.54) is 19.3 Å². The van der Waals surface area contributed by atoms with Gasteiger partial charge in [-0.2, -0.15) is 0 Å². The maximum Gasteiger partial charge on any atom is -0.00187 e. The number of benzene rings is 1. The fourth-order valence-corrected chi connectivity index (χ4v) is 4.17. The molecule has 3 rings (SSSR count). The molecule has 2 bridgehead atoms. The summed E-state index contributed by atoms with van der Waals surface area (Å²) in [6.45, 7) is 4.97. The molecule has 1 unspecified atom stereocenters. The Labute approximate surface area is 92.7 Å². The summed E-state index contributed by atoms with van der Waals surface area (Å²) in [5, 5.41) is 0. The summed E-state index contributed by atoms with van der Waals surface area (Å²) in [5.74, 6) is 2.82. The lowest BCUT2D eigenvalue weighted by molar-refractivity contribution is 0.204. The molecular formula is C15H20. The van der Waals surface area contributed by atoms with E-state index in [4.69, 9.17) is 0 Å². The van der Waals surface area contributed by atoms with Crippen molar-refractivity contribution in [3.05, 3.63) is 35.9 Å². The third kappa shape index (κ3) is 1.14. The molecule has 0 amide bonds. The molecule has 15 heavy (non-hydrogen) atoms. The second kappa shape index (κ2) is 3.10. The van der Waals surface area contributed by atoms with Gasteiger partial charge in [0.2, 0.25) is 0 Å². The van der Waals surface area contributed by atoms with E-state index in [-0.39, 0.29) is 0 Å². The van der Waals surface area contributed by atoms with E-state index in [0.717, 1.165) is 17.8 Å². The molecule has 80 valence electrons. The summed E-state index contributed by atoms with van der Waals surface area (Å²) in [5.41, 5.74) is 2.04. The summed E-state index contributed by atoms with van der Waals surface area (Å²) >= 11 is 0. The molecule has 2 aliphatic rings. The van der Waals surface area contributed by atoms with Crippen molar-refractivity contribution in [3.8, 4) is 0 Å². The van der Waals surface area contributed by atoms with E-state index < -0.39 is 0 Å². The van der Waals surface area contributed by atoms with E-state index >= 15 is 0 Å². The van der Waals surface area contributed by atoms with Crippen LogP contribution in [0.5, 0.6) is 0 Å². The van der Waals surface area contributed by atoms with Crippen LogP contribution in [-0.4, -0.2) is 0 Å². The Morgan fingerprint density at radius 3 is 2.47 bits per heavy atom. The Bertz CT molecular complexity index is 350. The second-order valence-electron chi connectivity index (χ2n) is 5.71. The average Bonchev–Trinajstić information content (AvgIpc) is 2.84. The van der Waals surface area contributed by atoms with E-state index in [1.54, 1.807) is 5.56 Å². The lowest BCUT2D eigenvalue weighted by Gasteiger charge is -2.40.